The van der Waals surface area contributed by atoms with Crippen molar-refractivity contribution in [2.24, 2.45) is 0 Å². The molecule has 0 bridgehead atoms. The summed E-state index contributed by atoms with van der Waals surface area (Å²) in [7, 11) is -5.41. The van der Waals surface area contributed by atoms with Crippen molar-refractivity contribution in [1.82, 2.24) is 0 Å². The molecule has 9 nitrogen and oxygen atoms in total. The van der Waals surface area contributed by atoms with Crippen LogP contribution in [-0.2, 0) is 13.8 Å². The molecule has 0 aromatic rings. The zero-order valence-corrected chi connectivity index (χ0v) is 14.8. The maximum atomic E-state index is 10.3. The van der Waals surface area contributed by atoms with Crippen LogP contribution in [0.2, 0.25) is 0 Å². The summed E-state index contributed by atoms with van der Waals surface area (Å²) in [5, 5.41) is 36.5. The van der Waals surface area contributed by atoms with Gasteiger partial charge < -0.3 is 44.0 Å². The Morgan fingerprint density at radius 1 is 1.11 bits per heavy atom. The van der Waals surface area contributed by atoms with Crippen LogP contribution in [0.15, 0.2) is 0 Å². The Labute approximate surface area is 147 Å². The molecule has 1 saturated heterocycles. The van der Waals surface area contributed by atoms with E-state index in [0.717, 1.165) is 0 Å². The molecule has 12 heteroatoms. The van der Waals surface area contributed by atoms with Crippen LogP contribution in [0.3, 0.4) is 0 Å². The standard InChI is InChI=1S/C6H13O9P.2Na/c7-1-2-3(8)4(9)5(10)6(14-2)15-16(11,12)13;;/h2-10H,1H2,(H2,11,12,13);;/q;2*+1/p-2/t2?,3-,4+,5?,6?;;/m0../s1. The third-order valence-corrected chi connectivity index (χ3v) is 2.55. The molecule has 0 aromatic heterocycles. The van der Waals surface area contributed by atoms with Crippen molar-refractivity contribution in [1.29, 1.82) is 0 Å². The molecule has 0 amide bonds. The number of phosphoric ester groups is 1. The molecule has 1 heterocycles. The number of rotatable bonds is 3. The van der Waals surface area contributed by atoms with Gasteiger partial charge >= 0.3 is 59.1 Å². The molecule has 18 heavy (non-hydrogen) atoms. The maximum absolute atomic E-state index is 10.3. The predicted molar refractivity (Wildman–Crippen MR) is 42.5 cm³/mol. The summed E-state index contributed by atoms with van der Waals surface area (Å²) in [5.74, 6) is 0. The molecular formula is C6H11Na2O9P. The van der Waals surface area contributed by atoms with Gasteiger partial charge in [0.15, 0.2) is 6.29 Å². The number of aliphatic hydroxyl groups excluding tert-OH is 4. The van der Waals surface area contributed by atoms with Crippen LogP contribution in [-0.4, -0.2) is 57.7 Å². The second-order valence-corrected chi connectivity index (χ2v) is 4.36. The zero-order valence-electron chi connectivity index (χ0n) is 9.87. The minimum Gasteiger partial charge on any atom is -0.790 e. The van der Waals surface area contributed by atoms with Gasteiger partial charge in [-0.1, -0.05) is 0 Å². The van der Waals surface area contributed by atoms with Crippen molar-refractivity contribution in [2.75, 3.05) is 6.61 Å². The summed E-state index contributed by atoms with van der Waals surface area (Å²) in [6, 6.07) is 0. The molecule has 0 aliphatic carbocycles. The Kier molecular flexibility index (Phi) is 11.1. The van der Waals surface area contributed by atoms with E-state index in [1.807, 2.05) is 0 Å². The van der Waals surface area contributed by atoms with Crippen molar-refractivity contribution >= 4 is 7.82 Å². The number of hydrogen-bond donors (Lipinski definition) is 4. The molecule has 1 aliphatic heterocycles. The summed E-state index contributed by atoms with van der Waals surface area (Å²) in [6.07, 6.45) is -8.61. The third kappa shape index (κ3) is 6.13. The van der Waals surface area contributed by atoms with Crippen LogP contribution in [0.1, 0.15) is 0 Å². The van der Waals surface area contributed by atoms with Crippen LogP contribution in [0.4, 0.5) is 0 Å². The van der Waals surface area contributed by atoms with E-state index >= 15 is 0 Å². The normalized spacial score (nSPS) is 36.4. The van der Waals surface area contributed by atoms with Gasteiger partial charge in [-0.25, -0.2) is 0 Å². The van der Waals surface area contributed by atoms with Crippen LogP contribution in [0, 0.1) is 0 Å². The zero-order chi connectivity index (χ0) is 12.5. The average Bonchev–Trinajstić information content (AvgIpc) is 2.17. The molecule has 3 unspecified atom stereocenters. The van der Waals surface area contributed by atoms with E-state index in [2.05, 4.69) is 9.26 Å². The minimum absolute atomic E-state index is 0. The number of phosphoric acid groups is 1. The fourth-order valence-electron chi connectivity index (χ4n) is 1.28. The van der Waals surface area contributed by atoms with Crippen molar-refractivity contribution in [3.8, 4) is 0 Å². The van der Waals surface area contributed by atoms with Gasteiger partial charge in [-0.05, 0) is 0 Å². The molecule has 96 valence electrons. The van der Waals surface area contributed by atoms with Gasteiger partial charge in [-0.15, -0.1) is 0 Å². The van der Waals surface area contributed by atoms with E-state index in [1.165, 1.54) is 0 Å². The van der Waals surface area contributed by atoms with Crippen molar-refractivity contribution < 1.29 is 103 Å². The first-order chi connectivity index (χ1) is 7.26. The minimum atomic E-state index is -5.41. The number of ether oxygens (including phenoxy) is 1. The monoisotopic (exact) mass is 304 g/mol. The van der Waals surface area contributed by atoms with Crippen molar-refractivity contribution in [2.45, 2.75) is 30.7 Å². The van der Waals surface area contributed by atoms with E-state index in [-0.39, 0.29) is 59.1 Å². The third-order valence-electron chi connectivity index (χ3n) is 2.08. The molecule has 1 fully saturated rings. The fourth-order valence-corrected chi connectivity index (χ4v) is 1.71. The van der Waals surface area contributed by atoms with Crippen molar-refractivity contribution in [3.63, 3.8) is 0 Å². The first-order valence-corrected chi connectivity index (χ1v) is 5.73. The predicted octanol–water partition coefficient (Wildman–Crippen LogP) is -10.4. The van der Waals surface area contributed by atoms with Crippen LogP contribution in [0.5, 0.6) is 0 Å². The Balaban J connectivity index is 0. The van der Waals surface area contributed by atoms with E-state index in [0.29, 0.717) is 0 Å². The molecule has 0 saturated carbocycles. The van der Waals surface area contributed by atoms with Gasteiger partial charge in [0.1, 0.15) is 24.4 Å². The molecule has 1 aliphatic rings. The van der Waals surface area contributed by atoms with Crippen LogP contribution < -0.4 is 68.9 Å². The molecule has 1 rings (SSSR count). The quantitative estimate of drug-likeness (QED) is 0.293. The molecule has 0 aromatic carbocycles. The molecule has 5 atom stereocenters. The summed E-state index contributed by atoms with van der Waals surface area (Å²) < 4.78 is 18.7. The van der Waals surface area contributed by atoms with E-state index in [9.17, 15) is 29.7 Å². The largest absolute Gasteiger partial charge is 1.00 e. The summed E-state index contributed by atoms with van der Waals surface area (Å²) in [5.41, 5.74) is 0. The molecule has 4 N–H and O–H groups in total. The Morgan fingerprint density at radius 2 is 1.61 bits per heavy atom. The first kappa shape index (κ1) is 22.2. The second kappa shape index (κ2) is 9.04. The fraction of sp³-hybridized carbons (Fsp3) is 1.00. The first-order valence-electron chi connectivity index (χ1n) is 4.27. The Morgan fingerprint density at radius 3 is 2.00 bits per heavy atom. The second-order valence-electron chi connectivity index (χ2n) is 3.25. The Bertz CT molecular complexity index is 284. The smallest absolute Gasteiger partial charge is 0.790 e. The SMILES string of the molecule is O=P([O-])([O-])OC1OC(CO)[C@H](O)[C@@H](O)C1O.[Na+].[Na+]. The van der Waals surface area contributed by atoms with Crippen LogP contribution in [0.25, 0.3) is 0 Å². The average molecular weight is 304 g/mol. The van der Waals surface area contributed by atoms with Gasteiger partial charge in [0, 0.05) is 0 Å². The number of aliphatic hydroxyl groups is 4. The summed E-state index contributed by atoms with van der Waals surface area (Å²) in [6.45, 7) is -0.743. The van der Waals surface area contributed by atoms with Crippen molar-refractivity contribution in [3.05, 3.63) is 0 Å². The summed E-state index contributed by atoms with van der Waals surface area (Å²) in [4.78, 5) is 20.6. The van der Waals surface area contributed by atoms with Gasteiger partial charge in [0.2, 0.25) is 0 Å². The van der Waals surface area contributed by atoms with E-state index in [1.54, 1.807) is 0 Å². The van der Waals surface area contributed by atoms with Crippen LogP contribution >= 0.6 is 7.82 Å². The van der Waals surface area contributed by atoms with Gasteiger partial charge in [-0.2, -0.15) is 0 Å². The Hall–Kier alpha value is 1.91. The maximum Gasteiger partial charge on any atom is 1.00 e. The molecular weight excluding hydrogens is 293 g/mol. The van der Waals surface area contributed by atoms with Gasteiger partial charge in [0.25, 0.3) is 0 Å². The van der Waals surface area contributed by atoms with Gasteiger partial charge in [-0.3, -0.25) is 0 Å². The topological polar surface area (TPSA) is 163 Å². The number of hydrogen-bond acceptors (Lipinski definition) is 9. The molecule has 0 radical (unpaired) electrons. The van der Waals surface area contributed by atoms with E-state index < -0.39 is 45.1 Å². The summed E-state index contributed by atoms with van der Waals surface area (Å²) >= 11 is 0. The van der Waals surface area contributed by atoms with Gasteiger partial charge in [0.05, 0.1) is 14.4 Å². The molecule has 0 spiro atoms. The van der Waals surface area contributed by atoms with E-state index in [4.69, 9.17) is 5.11 Å².